The number of hydrogen-bond donors (Lipinski definition) is 22. The standard InChI is InChI=1S/C96H163N4O43P5/c1-56(2)27-17-28-57(3)29-18-30-58(4)31-19-32-59(5)33-20-34-60(6)35-21-36-61(7)37-22-38-62(8)39-23-40-63(9)41-24-42-64(10)43-25-44-65(11)45-26-46-66(12)47-48-128-147(124,125)143-148(126,127)142-94-79(99-69(15)107)85(114)89(74(51-103)135-94)137-92-78(98-68(14)106)86(115)90(75(52-104)134-92)139-144(118,119)129-53-71(109)54-130-145(120,121)141-95-80(100-70(16)108)91(83(112)73(50-102)133-95)138-96-88(117)87(116)82(111)76(136-96)55-131-146(122,123)140-93-77(97-67(13)105)84(113)81(110)72(49-101)132-93/h27,29,31,33,35,37,39,41,43,45,47,71-96,101-104,109-117H,17-26,28,30,32,34,36,38,40,42,44,46,48-55H2,1-16H3,(H,97,105)(H,98,106)(H,99,107)(H,100,108)(H,118,119)(H,120,121)(H,122,123)(H,124,125)(H,126,127)/b57-29+,58-31+,59-33-,60-35-,61-37-,62-39-,63-41-,64-43-,65-45-,66-47-/t71-,72+,73+,74+,75+,76+,77+,78-,79+,80+,81-,82+,83-,84+,85+,86+,87-,88+,89?,90+,91+,92-,93-,94+,95-,96-/m0/s1. The summed E-state index contributed by atoms with van der Waals surface area (Å²) >= 11 is 0. The number of allylic oxidation sites excluding steroid dienone is 21. The second-order valence-electron chi connectivity index (χ2n) is 38.3. The number of hydrogen-bond acceptors (Lipinski definition) is 38. The zero-order valence-electron chi connectivity index (χ0n) is 87.2. The lowest BCUT2D eigenvalue weighted by Gasteiger charge is -2.48. The lowest BCUT2D eigenvalue weighted by molar-refractivity contribution is -0.340. The first-order valence-electron chi connectivity index (χ1n) is 49.4. The lowest BCUT2D eigenvalue weighted by Crippen LogP contribution is -2.69. The van der Waals surface area contributed by atoms with Gasteiger partial charge in [-0.25, -0.2) is 22.8 Å². The molecule has 4 amide bonds. The van der Waals surface area contributed by atoms with E-state index >= 15 is 0 Å². The van der Waals surface area contributed by atoms with Crippen molar-refractivity contribution in [3.05, 3.63) is 128 Å². The van der Waals surface area contributed by atoms with Crippen molar-refractivity contribution in [3.63, 3.8) is 0 Å². The fourth-order valence-corrected chi connectivity index (χ4v) is 21.1. The normalized spacial score (nSPS) is 31.0. The van der Waals surface area contributed by atoms with Gasteiger partial charge in [-0.2, -0.15) is 4.31 Å². The Labute approximate surface area is 866 Å². The van der Waals surface area contributed by atoms with Crippen LogP contribution in [-0.2, 0) is 116 Å². The number of amides is 4. The Hall–Kier alpha value is -5.19. The highest BCUT2D eigenvalue weighted by Gasteiger charge is 2.58. The van der Waals surface area contributed by atoms with Crippen LogP contribution in [0.3, 0.4) is 0 Å². The Kier molecular flexibility index (Phi) is 59.2. The van der Waals surface area contributed by atoms with Crippen LogP contribution in [0.1, 0.15) is 239 Å². The summed E-state index contributed by atoms with van der Waals surface area (Å²) in [4.78, 5) is 104. The topological polar surface area (TPSA) is 714 Å². The third kappa shape index (κ3) is 48.7. The maximum Gasteiger partial charge on any atom is 0.483 e. The van der Waals surface area contributed by atoms with Gasteiger partial charge >= 0.3 is 39.1 Å². The number of nitrogens with one attached hydrogen (secondary N) is 4. The van der Waals surface area contributed by atoms with Crippen molar-refractivity contribution in [2.24, 2.45) is 0 Å². The molecule has 0 radical (unpaired) electrons. The van der Waals surface area contributed by atoms with Crippen LogP contribution in [0.15, 0.2) is 128 Å². The van der Waals surface area contributed by atoms with Gasteiger partial charge < -0.3 is 145 Å². The van der Waals surface area contributed by atoms with Crippen molar-refractivity contribution in [2.75, 3.05) is 52.9 Å². The molecular weight excluding hydrogens is 2050 g/mol. The van der Waals surface area contributed by atoms with E-state index in [-0.39, 0.29) is 0 Å². The highest BCUT2D eigenvalue weighted by Crippen LogP contribution is 2.62. The van der Waals surface area contributed by atoms with Gasteiger partial charge in [0, 0.05) is 27.7 Å². The SMILES string of the molecule is CC(=O)N[C@@H]1[C@H](OC2[C@@H](CO)O[C@H](OP(=O)(O)OP(=O)(O)OC/C=C(/C)CC/C=C(/C)CC/C=C(/C)CC/C=C(/C)CC/C=C(/C)CC/C=C(/C)CC/C=C(/C)CC/C=C(/C)CC/C=C(\C)CC/C=C(\C)CCC=C(C)C)[C@H](NC(C)=O)[C@H]2O)O[C@H](CO)[C@@H](OP(=O)(O)OC[C@H](O)COP(=O)(O)O[C@@H]2O[C@H](CO)[C@H](O)[C@H](O[C@@H]3O[C@H](COP(=O)(O)O[C@@H]4O[C@H](CO)[C@H](O)[C@H](O)[C@H]4NC(C)=O)[C@@H](O)[C@H](O)[C@H]3O)[C@H]2NC(C)=O)[C@@H]1O. The van der Waals surface area contributed by atoms with Crippen molar-refractivity contribution in [3.8, 4) is 0 Å². The number of rotatable bonds is 64. The van der Waals surface area contributed by atoms with E-state index in [1.54, 1.807) is 6.92 Å². The molecule has 5 saturated heterocycles. The maximum absolute atomic E-state index is 13.6. The van der Waals surface area contributed by atoms with Crippen molar-refractivity contribution in [1.29, 1.82) is 0 Å². The van der Waals surface area contributed by atoms with E-state index in [1.807, 2.05) is 6.92 Å². The van der Waals surface area contributed by atoms with Gasteiger partial charge in [0.1, 0.15) is 128 Å². The smallest absolute Gasteiger partial charge is 0.394 e. The van der Waals surface area contributed by atoms with Crippen molar-refractivity contribution < 1.29 is 207 Å². The first kappa shape index (κ1) is 133. The van der Waals surface area contributed by atoms with Crippen LogP contribution >= 0.6 is 39.1 Å². The molecule has 31 atom stereocenters. The molecule has 0 aromatic heterocycles. The molecule has 47 nitrogen and oxygen atoms in total. The Bertz CT molecular complexity index is 4770. The average Bonchev–Trinajstić information content (AvgIpc) is 0.818. The fourth-order valence-electron chi connectivity index (χ4n) is 16.3. The molecule has 6 unspecified atom stereocenters. The predicted molar refractivity (Wildman–Crippen MR) is 537 cm³/mol. The molecule has 0 spiro atoms. The predicted octanol–water partition coefficient (Wildman–Crippen LogP) is 7.87. The monoisotopic (exact) mass is 2210 g/mol. The van der Waals surface area contributed by atoms with Gasteiger partial charge in [0.15, 0.2) is 31.5 Å². The van der Waals surface area contributed by atoms with Crippen molar-refractivity contribution in [1.82, 2.24) is 21.3 Å². The lowest BCUT2D eigenvalue weighted by atomic mass is 9.94. The third-order valence-electron chi connectivity index (χ3n) is 24.6. The molecule has 0 aromatic rings. The Morgan fingerprint density at radius 1 is 0.284 bits per heavy atom. The van der Waals surface area contributed by atoms with Crippen LogP contribution in [0.2, 0.25) is 0 Å². The third-order valence-corrected chi connectivity index (χ3v) is 30.1. The highest BCUT2D eigenvalue weighted by molar-refractivity contribution is 7.61. The zero-order chi connectivity index (χ0) is 111. The zero-order valence-corrected chi connectivity index (χ0v) is 91.6. The van der Waals surface area contributed by atoms with E-state index < -0.39 is 275 Å². The van der Waals surface area contributed by atoms with Gasteiger partial charge in [-0.05, 0) is 212 Å². The number of carbonyl (C=O) groups is 4. The molecule has 52 heteroatoms. The Morgan fingerprint density at radius 3 is 0.946 bits per heavy atom. The quantitative estimate of drug-likeness (QED) is 0.0203. The molecule has 0 aliphatic carbocycles. The van der Waals surface area contributed by atoms with E-state index in [4.69, 9.17) is 69.3 Å². The molecule has 5 fully saturated rings. The van der Waals surface area contributed by atoms with E-state index in [2.05, 4.69) is 156 Å². The van der Waals surface area contributed by atoms with E-state index in [9.17, 15) is 133 Å². The highest BCUT2D eigenvalue weighted by atomic mass is 31.3. The summed E-state index contributed by atoms with van der Waals surface area (Å²) in [6, 6.07) is -7.88. The summed E-state index contributed by atoms with van der Waals surface area (Å²) in [6.07, 6.45) is -2.42. The van der Waals surface area contributed by atoms with Gasteiger partial charge in [0.05, 0.1) is 52.9 Å². The van der Waals surface area contributed by atoms with E-state index in [0.717, 1.165) is 149 Å². The van der Waals surface area contributed by atoms with Gasteiger partial charge in [-0.1, -0.05) is 128 Å². The van der Waals surface area contributed by atoms with Crippen LogP contribution in [0, 0.1) is 0 Å². The Morgan fingerprint density at radius 2 is 0.568 bits per heavy atom. The first-order chi connectivity index (χ1) is 69.3. The number of ether oxygens (including phenoxy) is 7. The molecule has 0 aromatic carbocycles. The van der Waals surface area contributed by atoms with Crippen LogP contribution in [0.4, 0.5) is 0 Å². The second kappa shape index (κ2) is 65.7. The molecule has 0 bridgehead atoms. The van der Waals surface area contributed by atoms with Crippen LogP contribution in [-0.4, -0.2) is 327 Å². The van der Waals surface area contributed by atoms with Gasteiger partial charge in [-0.15, -0.1) is 0 Å². The summed E-state index contributed by atoms with van der Waals surface area (Å²) < 4.78 is 151. The van der Waals surface area contributed by atoms with Crippen LogP contribution in [0.25, 0.3) is 0 Å². The summed E-state index contributed by atoms with van der Waals surface area (Å²) in [5, 5.41) is 149. The molecule has 5 aliphatic rings. The fraction of sp³-hybridized carbons (Fsp3) is 0.729. The maximum atomic E-state index is 13.6. The molecule has 5 aliphatic heterocycles. The number of aliphatic hydroxyl groups excluding tert-OH is 13. The Balaban J connectivity index is 1.06. The molecule has 0 saturated carbocycles. The van der Waals surface area contributed by atoms with E-state index in [1.165, 1.54) is 56.2 Å². The molecule has 5 rings (SSSR count). The molecule has 22 N–H and O–H groups in total. The minimum atomic E-state index is -5.87. The number of phosphoric ester groups is 5. The number of phosphoric acid groups is 5. The minimum Gasteiger partial charge on any atom is -0.394 e. The second-order valence-corrected chi connectivity index (χ2v) is 45.5. The van der Waals surface area contributed by atoms with Crippen molar-refractivity contribution in [2.45, 2.75) is 399 Å². The summed E-state index contributed by atoms with van der Waals surface area (Å²) in [5.74, 6) is -3.87. The summed E-state index contributed by atoms with van der Waals surface area (Å²) in [5.41, 5.74) is 14.7. The average molecular weight is 2220 g/mol. The molecule has 850 valence electrons. The minimum absolute atomic E-state index is 0.507. The van der Waals surface area contributed by atoms with Crippen LogP contribution in [0.5, 0.6) is 0 Å². The summed E-state index contributed by atoms with van der Waals surface area (Å²) in [6.45, 7) is 20.2. The number of carbonyl (C=O) groups excluding carboxylic acids is 4. The van der Waals surface area contributed by atoms with Gasteiger partial charge in [0.2, 0.25) is 23.6 Å². The number of aliphatic hydroxyl groups is 13. The molecular formula is C96H163N4O43P5. The largest absolute Gasteiger partial charge is 0.483 e. The van der Waals surface area contributed by atoms with Crippen LogP contribution < -0.4 is 21.3 Å². The molecule has 148 heavy (non-hydrogen) atoms. The molecule has 5 heterocycles. The van der Waals surface area contributed by atoms with E-state index in [0.29, 0.717) is 18.4 Å². The van der Waals surface area contributed by atoms with Crippen molar-refractivity contribution >= 4 is 62.7 Å². The van der Waals surface area contributed by atoms with Gasteiger partial charge in [0.25, 0.3) is 0 Å². The van der Waals surface area contributed by atoms with Gasteiger partial charge in [-0.3, -0.25) is 55.4 Å². The summed E-state index contributed by atoms with van der Waals surface area (Å²) in [7, 11) is -28.4. The first-order valence-corrected chi connectivity index (χ1v) is 56.9.